The summed E-state index contributed by atoms with van der Waals surface area (Å²) in [7, 11) is 0. The SMILES string of the molecule is CCSC1CCC(NCC(=O)N2CCOCC2)C1. The third-order valence-corrected chi connectivity index (χ3v) is 4.93. The number of thioether (sulfide) groups is 1. The largest absolute Gasteiger partial charge is 0.378 e. The molecule has 0 aromatic carbocycles. The molecule has 2 aliphatic rings. The summed E-state index contributed by atoms with van der Waals surface area (Å²) in [5.41, 5.74) is 0. The number of carbonyl (C=O) groups excluding carboxylic acids is 1. The van der Waals surface area contributed by atoms with E-state index in [1.807, 2.05) is 4.90 Å². The van der Waals surface area contributed by atoms with Gasteiger partial charge in [0.1, 0.15) is 0 Å². The lowest BCUT2D eigenvalue weighted by molar-refractivity contribution is -0.134. The molecule has 1 N–H and O–H groups in total. The van der Waals surface area contributed by atoms with E-state index in [0.717, 1.165) is 18.3 Å². The van der Waals surface area contributed by atoms with E-state index in [1.54, 1.807) is 0 Å². The number of nitrogens with zero attached hydrogens (tertiary/aromatic N) is 1. The van der Waals surface area contributed by atoms with E-state index in [0.29, 0.717) is 25.8 Å². The first-order valence-corrected chi connectivity index (χ1v) is 8.05. The fourth-order valence-corrected chi connectivity index (χ4v) is 3.81. The molecule has 1 saturated carbocycles. The Morgan fingerprint density at radius 1 is 1.39 bits per heavy atom. The molecule has 0 aromatic rings. The molecule has 4 nitrogen and oxygen atoms in total. The fourth-order valence-electron chi connectivity index (χ4n) is 2.67. The van der Waals surface area contributed by atoms with Crippen molar-refractivity contribution in [3.63, 3.8) is 0 Å². The Hall–Kier alpha value is -0.260. The second kappa shape index (κ2) is 7.36. The molecule has 1 heterocycles. The minimum Gasteiger partial charge on any atom is -0.378 e. The molecule has 1 aliphatic carbocycles. The molecule has 2 atom stereocenters. The molecule has 2 rings (SSSR count). The van der Waals surface area contributed by atoms with Crippen LogP contribution in [0.25, 0.3) is 0 Å². The van der Waals surface area contributed by atoms with E-state index in [2.05, 4.69) is 24.0 Å². The lowest BCUT2D eigenvalue weighted by atomic mass is 10.2. The van der Waals surface area contributed by atoms with Crippen molar-refractivity contribution in [2.45, 2.75) is 37.5 Å². The van der Waals surface area contributed by atoms with Gasteiger partial charge in [0.05, 0.1) is 19.8 Å². The normalized spacial score (nSPS) is 28.6. The van der Waals surface area contributed by atoms with Crippen molar-refractivity contribution >= 4 is 17.7 Å². The third-order valence-electron chi connectivity index (χ3n) is 3.69. The summed E-state index contributed by atoms with van der Waals surface area (Å²) in [6.07, 6.45) is 3.73. The Labute approximate surface area is 114 Å². The molecule has 18 heavy (non-hydrogen) atoms. The first-order chi connectivity index (χ1) is 8.79. The van der Waals surface area contributed by atoms with Crippen molar-refractivity contribution in [1.82, 2.24) is 10.2 Å². The Bertz CT molecular complexity index is 270. The standard InChI is InChI=1S/C13H24N2O2S/c1-2-18-12-4-3-11(9-12)14-10-13(16)15-5-7-17-8-6-15/h11-12,14H,2-10H2,1H3. The van der Waals surface area contributed by atoms with Gasteiger partial charge in [-0.15, -0.1) is 0 Å². The highest BCUT2D eigenvalue weighted by molar-refractivity contribution is 7.99. The first kappa shape index (κ1) is 14.2. The molecule has 5 heteroatoms. The van der Waals surface area contributed by atoms with E-state index in [1.165, 1.54) is 25.0 Å². The van der Waals surface area contributed by atoms with Gasteiger partial charge in [-0.25, -0.2) is 0 Å². The molecular weight excluding hydrogens is 248 g/mol. The summed E-state index contributed by atoms with van der Waals surface area (Å²) in [5.74, 6) is 1.43. The van der Waals surface area contributed by atoms with E-state index < -0.39 is 0 Å². The van der Waals surface area contributed by atoms with Crippen LogP contribution in [0.2, 0.25) is 0 Å². The summed E-state index contributed by atoms with van der Waals surface area (Å²) in [6, 6.07) is 0.541. The molecular formula is C13H24N2O2S. The molecule has 0 bridgehead atoms. The van der Waals surface area contributed by atoms with Crippen molar-refractivity contribution in [2.75, 3.05) is 38.6 Å². The zero-order valence-corrected chi connectivity index (χ0v) is 12.0. The van der Waals surface area contributed by atoms with Crippen molar-refractivity contribution < 1.29 is 9.53 Å². The predicted molar refractivity (Wildman–Crippen MR) is 75.0 cm³/mol. The van der Waals surface area contributed by atoms with Gasteiger partial charge in [0.15, 0.2) is 0 Å². The quantitative estimate of drug-likeness (QED) is 0.814. The molecule has 2 unspecified atom stereocenters. The second-order valence-electron chi connectivity index (χ2n) is 4.96. The molecule has 0 aromatic heterocycles. The summed E-state index contributed by atoms with van der Waals surface area (Å²) in [5, 5.41) is 4.22. The molecule has 104 valence electrons. The van der Waals surface area contributed by atoms with Gasteiger partial charge in [-0.2, -0.15) is 11.8 Å². The maximum Gasteiger partial charge on any atom is 0.236 e. The van der Waals surface area contributed by atoms with Gasteiger partial charge >= 0.3 is 0 Å². The summed E-state index contributed by atoms with van der Waals surface area (Å²) < 4.78 is 5.25. The van der Waals surface area contributed by atoms with Gasteiger partial charge < -0.3 is 15.0 Å². The van der Waals surface area contributed by atoms with Crippen LogP contribution in [-0.4, -0.2) is 60.7 Å². The van der Waals surface area contributed by atoms with Gasteiger partial charge in [-0.05, 0) is 25.0 Å². The molecule has 0 radical (unpaired) electrons. The van der Waals surface area contributed by atoms with Crippen LogP contribution in [0.5, 0.6) is 0 Å². The topological polar surface area (TPSA) is 41.6 Å². The van der Waals surface area contributed by atoms with E-state index in [-0.39, 0.29) is 5.91 Å². The van der Waals surface area contributed by atoms with Crippen LogP contribution in [0.15, 0.2) is 0 Å². The molecule has 1 amide bonds. The predicted octanol–water partition coefficient (Wildman–Crippen LogP) is 1.11. The van der Waals surface area contributed by atoms with Crippen LogP contribution in [0, 0.1) is 0 Å². The van der Waals surface area contributed by atoms with Crippen LogP contribution in [0.4, 0.5) is 0 Å². The maximum absolute atomic E-state index is 12.0. The lowest BCUT2D eigenvalue weighted by Gasteiger charge is -2.27. The molecule has 1 saturated heterocycles. The van der Waals surface area contributed by atoms with Crippen molar-refractivity contribution in [1.29, 1.82) is 0 Å². The van der Waals surface area contributed by atoms with E-state index in [9.17, 15) is 4.79 Å². The smallest absolute Gasteiger partial charge is 0.236 e. The summed E-state index contributed by atoms with van der Waals surface area (Å²) >= 11 is 2.05. The number of hydrogen-bond donors (Lipinski definition) is 1. The van der Waals surface area contributed by atoms with Crippen molar-refractivity contribution in [2.24, 2.45) is 0 Å². The number of hydrogen-bond acceptors (Lipinski definition) is 4. The Kier molecular flexibility index (Phi) is 5.79. The van der Waals surface area contributed by atoms with Gasteiger partial charge in [0.25, 0.3) is 0 Å². The zero-order chi connectivity index (χ0) is 12.8. The van der Waals surface area contributed by atoms with Gasteiger partial charge in [0, 0.05) is 24.4 Å². The van der Waals surface area contributed by atoms with Crippen LogP contribution < -0.4 is 5.32 Å². The van der Waals surface area contributed by atoms with Gasteiger partial charge in [0.2, 0.25) is 5.91 Å². The average Bonchev–Trinajstić information content (AvgIpc) is 2.85. The number of nitrogens with one attached hydrogen (secondary N) is 1. The van der Waals surface area contributed by atoms with Crippen LogP contribution >= 0.6 is 11.8 Å². The van der Waals surface area contributed by atoms with Gasteiger partial charge in [-0.3, -0.25) is 4.79 Å². The maximum atomic E-state index is 12.0. The third kappa shape index (κ3) is 4.14. The number of rotatable bonds is 5. The minimum atomic E-state index is 0.227. The van der Waals surface area contributed by atoms with E-state index >= 15 is 0 Å². The zero-order valence-electron chi connectivity index (χ0n) is 11.2. The number of ether oxygens (including phenoxy) is 1. The van der Waals surface area contributed by atoms with Crippen molar-refractivity contribution in [3.05, 3.63) is 0 Å². The second-order valence-corrected chi connectivity index (χ2v) is 6.54. The fraction of sp³-hybridized carbons (Fsp3) is 0.923. The highest BCUT2D eigenvalue weighted by Gasteiger charge is 2.25. The molecule has 1 aliphatic heterocycles. The minimum absolute atomic E-state index is 0.227. The number of morpholine rings is 1. The van der Waals surface area contributed by atoms with Crippen LogP contribution in [0.1, 0.15) is 26.2 Å². The molecule has 2 fully saturated rings. The Balaban J connectivity index is 1.64. The Morgan fingerprint density at radius 3 is 2.89 bits per heavy atom. The summed E-state index contributed by atoms with van der Waals surface area (Å²) in [4.78, 5) is 13.9. The highest BCUT2D eigenvalue weighted by Crippen LogP contribution is 2.29. The molecule has 0 spiro atoms. The monoisotopic (exact) mass is 272 g/mol. The number of amides is 1. The number of carbonyl (C=O) groups is 1. The van der Waals surface area contributed by atoms with E-state index in [4.69, 9.17) is 4.74 Å². The highest BCUT2D eigenvalue weighted by atomic mass is 32.2. The van der Waals surface area contributed by atoms with Crippen LogP contribution in [0.3, 0.4) is 0 Å². The van der Waals surface area contributed by atoms with Crippen LogP contribution in [-0.2, 0) is 9.53 Å². The van der Waals surface area contributed by atoms with Gasteiger partial charge in [-0.1, -0.05) is 6.92 Å². The summed E-state index contributed by atoms with van der Waals surface area (Å²) in [6.45, 7) is 5.58. The Morgan fingerprint density at radius 2 is 2.17 bits per heavy atom. The van der Waals surface area contributed by atoms with Crippen molar-refractivity contribution in [3.8, 4) is 0 Å². The first-order valence-electron chi connectivity index (χ1n) is 7.00. The lowest BCUT2D eigenvalue weighted by Crippen LogP contribution is -2.46. The average molecular weight is 272 g/mol.